The Kier molecular flexibility index (Phi) is 42.0. The lowest BCUT2D eigenvalue weighted by Crippen LogP contribution is -2.37. The standard InChI is InChI=1S/C43H80N5O13P/c49-33-36(47-39(51)20-15-13-11-9-7-5-3-1-2-4-6-8-10-12-14-16-21-42(54)55)22-23-38(50)45-25-27-58-29-32-61-35-41(53)46-26-28-59-30-31-60-34-40(52)44-24-18-17-19-37(48-62)43(56)57/h33,36-37,48H,1-32,34-35,62H2,(H,44,52)(H,45,50)(H,46,53)(H,47,51)(H,54,55)(H,56,57)/t36-,37-/m0/s1. The van der Waals surface area contributed by atoms with Gasteiger partial charge in [0.2, 0.25) is 23.6 Å². The molecule has 0 rings (SSSR count). The van der Waals surface area contributed by atoms with Gasteiger partial charge >= 0.3 is 11.9 Å². The second kappa shape index (κ2) is 44.3. The van der Waals surface area contributed by atoms with Crippen molar-refractivity contribution in [1.82, 2.24) is 26.4 Å². The van der Waals surface area contributed by atoms with Crippen LogP contribution in [0.4, 0.5) is 0 Å². The van der Waals surface area contributed by atoms with Crippen molar-refractivity contribution in [1.29, 1.82) is 0 Å². The van der Waals surface area contributed by atoms with E-state index in [4.69, 9.17) is 29.2 Å². The first-order chi connectivity index (χ1) is 30.1. The van der Waals surface area contributed by atoms with E-state index in [1.54, 1.807) is 0 Å². The maximum absolute atomic E-state index is 12.3. The summed E-state index contributed by atoms with van der Waals surface area (Å²) in [7, 11) is 2.19. The summed E-state index contributed by atoms with van der Waals surface area (Å²) < 4.78 is 21.3. The van der Waals surface area contributed by atoms with Crippen LogP contribution in [-0.4, -0.2) is 137 Å². The topological polar surface area (TPSA) is 257 Å². The first kappa shape index (κ1) is 58.7. The van der Waals surface area contributed by atoms with E-state index in [1.807, 2.05) is 0 Å². The van der Waals surface area contributed by atoms with Gasteiger partial charge in [0.1, 0.15) is 25.5 Å². The maximum Gasteiger partial charge on any atom is 0.320 e. The van der Waals surface area contributed by atoms with Crippen LogP contribution < -0.4 is 26.4 Å². The molecule has 0 radical (unpaired) electrons. The van der Waals surface area contributed by atoms with Crippen LogP contribution in [0.2, 0.25) is 0 Å². The first-order valence-corrected chi connectivity index (χ1v) is 23.4. The highest BCUT2D eigenvalue weighted by atomic mass is 31.0. The minimum absolute atomic E-state index is 0.0930. The Morgan fingerprint density at radius 2 is 0.903 bits per heavy atom. The number of carboxylic acids is 2. The van der Waals surface area contributed by atoms with E-state index in [0.29, 0.717) is 38.5 Å². The summed E-state index contributed by atoms with van der Waals surface area (Å²) in [6.07, 6.45) is 21.7. The fourth-order valence-electron chi connectivity index (χ4n) is 6.24. The molecule has 0 aromatic carbocycles. The van der Waals surface area contributed by atoms with E-state index in [9.17, 15) is 33.6 Å². The molecule has 0 spiro atoms. The molecule has 0 saturated heterocycles. The van der Waals surface area contributed by atoms with Crippen LogP contribution >= 0.6 is 9.39 Å². The predicted octanol–water partition coefficient (Wildman–Crippen LogP) is 3.97. The Labute approximate surface area is 371 Å². The summed E-state index contributed by atoms with van der Waals surface area (Å²) in [4.78, 5) is 81.1. The lowest BCUT2D eigenvalue weighted by Gasteiger charge is -2.13. The minimum Gasteiger partial charge on any atom is -0.481 e. The molecule has 0 saturated carbocycles. The van der Waals surface area contributed by atoms with Crippen LogP contribution in [0.3, 0.4) is 0 Å². The van der Waals surface area contributed by atoms with Crippen LogP contribution in [0.15, 0.2) is 0 Å². The molecular formula is C43H80N5O13P. The molecule has 18 nitrogen and oxygen atoms in total. The third kappa shape index (κ3) is 42.0. The normalized spacial score (nSPS) is 12.0. The summed E-state index contributed by atoms with van der Waals surface area (Å²) in [6, 6.07) is -1.33. The quantitative estimate of drug-likeness (QED) is 0.0259. The summed E-state index contributed by atoms with van der Waals surface area (Å²) in [5.41, 5.74) is 0. The second-order valence-electron chi connectivity index (χ2n) is 15.3. The number of nitrogens with one attached hydrogen (secondary N) is 5. The molecule has 0 bridgehead atoms. The fourth-order valence-corrected chi connectivity index (χ4v) is 6.55. The molecule has 0 aromatic heterocycles. The fraction of sp³-hybridized carbons (Fsp3) is 0.837. The van der Waals surface area contributed by atoms with Gasteiger partial charge in [0, 0.05) is 38.9 Å². The van der Waals surface area contributed by atoms with E-state index in [0.717, 1.165) is 38.5 Å². The summed E-state index contributed by atoms with van der Waals surface area (Å²) in [5.74, 6) is -2.61. The van der Waals surface area contributed by atoms with E-state index in [1.165, 1.54) is 64.2 Å². The van der Waals surface area contributed by atoms with Gasteiger partial charge in [-0.25, -0.2) is 0 Å². The van der Waals surface area contributed by atoms with Crippen molar-refractivity contribution < 1.29 is 62.7 Å². The molecule has 0 aliphatic rings. The van der Waals surface area contributed by atoms with Gasteiger partial charge < -0.3 is 55.2 Å². The molecule has 0 aliphatic carbocycles. The number of carbonyl (C=O) groups is 7. The third-order valence-electron chi connectivity index (χ3n) is 9.83. The monoisotopic (exact) mass is 906 g/mol. The molecule has 19 heteroatoms. The molecule has 0 aromatic rings. The van der Waals surface area contributed by atoms with Crippen LogP contribution in [-0.2, 0) is 52.5 Å². The first-order valence-electron chi connectivity index (χ1n) is 22.9. The Morgan fingerprint density at radius 3 is 1.35 bits per heavy atom. The van der Waals surface area contributed by atoms with E-state index in [2.05, 4.69) is 35.7 Å². The Hall–Kier alpha value is -3.28. The highest BCUT2D eigenvalue weighted by Gasteiger charge is 2.15. The Morgan fingerprint density at radius 1 is 0.468 bits per heavy atom. The second-order valence-corrected chi connectivity index (χ2v) is 15.7. The molecular weight excluding hydrogens is 825 g/mol. The van der Waals surface area contributed by atoms with Gasteiger partial charge in [-0.2, -0.15) is 0 Å². The number of unbranched alkanes of at least 4 members (excludes halogenated alkanes) is 16. The summed E-state index contributed by atoms with van der Waals surface area (Å²) in [6.45, 7) is 2.11. The molecule has 62 heavy (non-hydrogen) atoms. The number of rotatable bonds is 47. The Balaban J connectivity index is 3.56. The van der Waals surface area contributed by atoms with Crippen molar-refractivity contribution in [2.24, 2.45) is 0 Å². The predicted molar refractivity (Wildman–Crippen MR) is 238 cm³/mol. The lowest BCUT2D eigenvalue weighted by molar-refractivity contribution is -0.139. The van der Waals surface area contributed by atoms with Crippen molar-refractivity contribution in [2.45, 2.75) is 160 Å². The average Bonchev–Trinajstić information content (AvgIpc) is 3.24. The number of aldehydes is 1. The zero-order valence-electron chi connectivity index (χ0n) is 37.2. The van der Waals surface area contributed by atoms with Gasteiger partial charge in [0.25, 0.3) is 0 Å². The number of ether oxygens (including phenoxy) is 4. The number of carboxylic acid groups (broad SMARTS) is 2. The molecule has 0 fully saturated rings. The summed E-state index contributed by atoms with van der Waals surface area (Å²) >= 11 is 0. The van der Waals surface area contributed by atoms with E-state index < -0.39 is 24.0 Å². The van der Waals surface area contributed by atoms with Crippen molar-refractivity contribution in [3.63, 3.8) is 0 Å². The number of carbonyl (C=O) groups excluding carboxylic acids is 5. The number of hydrogen-bond donors (Lipinski definition) is 7. The van der Waals surface area contributed by atoms with Gasteiger partial charge in [-0.15, -0.1) is 0 Å². The molecule has 4 amide bonds. The molecule has 0 heterocycles. The van der Waals surface area contributed by atoms with Crippen molar-refractivity contribution in [3.8, 4) is 0 Å². The van der Waals surface area contributed by atoms with Gasteiger partial charge in [-0.1, -0.05) is 99.3 Å². The molecule has 3 atom stereocenters. The van der Waals surface area contributed by atoms with Crippen LogP contribution in [0.5, 0.6) is 0 Å². The van der Waals surface area contributed by atoms with Gasteiger partial charge in [-0.3, -0.25) is 33.9 Å². The van der Waals surface area contributed by atoms with Gasteiger partial charge in [0.15, 0.2) is 0 Å². The smallest absolute Gasteiger partial charge is 0.320 e. The largest absolute Gasteiger partial charge is 0.481 e. The number of amides is 4. The number of hydrogen-bond acceptors (Lipinski definition) is 12. The highest BCUT2D eigenvalue weighted by molar-refractivity contribution is 7.13. The third-order valence-corrected chi connectivity index (χ3v) is 10.2. The van der Waals surface area contributed by atoms with Crippen LogP contribution in [0, 0.1) is 0 Å². The van der Waals surface area contributed by atoms with Crippen LogP contribution in [0.1, 0.15) is 148 Å². The minimum atomic E-state index is -0.915. The van der Waals surface area contributed by atoms with Gasteiger partial charge in [-0.05, 0) is 38.5 Å². The van der Waals surface area contributed by atoms with Crippen molar-refractivity contribution >= 4 is 51.2 Å². The molecule has 360 valence electrons. The Bertz CT molecular complexity index is 1190. The van der Waals surface area contributed by atoms with E-state index in [-0.39, 0.29) is 109 Å². The lowest BCUT2D eigenvalue weighted by atomic mass is 10.0. The van der Waals surface area contributed by atoms with Gasteiger partial charge in [0.05, 0.1) is 45.7 Å². The summed E-state index contributed by atoms with van der Waals surface area (Å²) in [5, 5.41) is 31.1. The van der Waals surface area contributed by atoms with Crippen LogP contribution in [0.25, 0.3) is 0 Å². The van der Waals surface area contributed by atoms with Crippen molar-refractivity contribution in [3.05, 3.63) is 0 Å². The molecule has 7 N–H and O–H groups in total. The SMILES string of the molecule is O=C[C@H](CCC(=O)NCCOCCOCC(=O)NCCOCCOCC(=O)NCCCC[C@H](NP)C(=O)O)NC(=O)CCCCCCCCCCCCCCCCCCC(=O)O. The maximum atomic E-state index is 12.3. The highest BCUT2D eigenvalue weighted by Crippen LogP contribution is 2.14. The molecule has 1 unspecified atom stereocenters. The van der Waals surface area contributed by atoms with Crippen molar-refractivity contribution in [2.75, 3.05) is 72.5 Å². The van der Waals surface area contributed by atoms with E-state index >= 15 is 0 Å². The zero-order chi connectivity index (χ0) is 45.7. The number of aliphatic carboxylic acids is 2. The zero-order valence-corrected chi connectivity index (χ0v) is 38.4. The average molecular weight is 906 g/mol. The molecule has 0 aliphatic heterocycles.